The van der Waals surface area contributed by atoms with Gasteiger partial charge in [0.1, 0.15) is 5.69 Å². The molecule has 0 fully saturated rings. The number of aromatic amines is 1. The predicted octanol–water partition coefficient (Wildman–Crippen LogP) is 0.874. The molecule has 0 bridgehead atoms. The zero-order chi connectivity index (χ0) is 9.97. The Kier molecular flexibility index (Phi) is 2.32. The molecule has 0 aliphatic rings. The first kappa shape index (κ1) is 8.96. The standard InChI is InChI=1S/C9H12N4O/c1-6-4-11-13-8(6)9-7(2-3-10)5-12-14-9/h4-5H,2-3,10H2,1H3,(H,11,13). The first-order chi connectivity index (χ1) is 6.83. The maximum absolute atomic E-state index is 5.48. The third-order valence-corrected chi connectivity index (χ3v) is 2.11. The molecule has 0 aliphatic carbocycles. The minimum atomic E-state index is 0.585. The van der Waals surface area contributed by atoms with Crippen LogP contribution >= 0.6 is 0 Å². The molecule has 2 aromatic heterocycles. The van der Waals surface area contributed by atoms with Crippen molar-refractivity contribution in [2.24, 2.45) is 5.73 Å². The van der Waals surface area contributed by atoms with Gasteiger partial charge in [0.25, 0.3) is 0 Å². The molecular formula is C9H12N4O. The van der Waals surface area contributed by atoms with Gasteiger partial charge in [0.05, 0.1) is 12.4 Å². The first-order valence-corrected chi connectivity index (χ1v) is 4.47. The summed E-state index contributed by atoms with van der Waals surface area (Å²) in [7, 11) is 0. The average molecular weight is 192 g/mol. The molecule has 0 unspecified atom stereocenters. The van der Waals surface area contributed by atoms with E-state index < -0.39 is 0 Å². The Hall–Kier alpha value is -1.62. The van der Waals surface area contributed by atoms with Gasteiger partial charge < -0.3 is 10.3 Å². The Morgan fingerprint density at radius 1 is 1.50 bits per heavy atom. The molecule has 14 heavy (non-hydrogen) atoms. The number of H-pyrrole nitrogens is 1. The highest BCUT2D eigenvalue weighted by Crippen LogP contribution is 2.24. The normalized spacial score (nSPS) is 10.7. The maximum Gasteiger partial charge on any atom is 0.188 e. The molecule has 74 valence electrons. The van der Waals surface area contributed by atoms with Crippen molar-refractivity contribution in [1.29, 1.82) is 0 Å². The van der Waals surface area contributed by atoms with Gasteiger partial charge in [-0.25, -0.2) is 0 Å². The summed E-state index contributed by atoms with van der Waals surface area (Å²) in [5.41, 5.74) is 8.42. The molecule has 0 saturated carbocycles. The van der Waals surface area contributed by atoms with Crippen molar-refractivity contribution in [2.45, 2.75) is 13.3 Å². The molecule has 0 spiro atoms. The Morgan fingerprint density at radius 3 is 3.00 bits per heavy atom. The number of nitrogens with zero attached hydrogens (tertiary/aromatic N) is 2. The highest BCUT2D eigenvalue weighted by Gasteiger charge is 2.13. The van der Waals surface area contributed by atoms with Gasteiger partial charge >= 0.3 is 0 Å². The van der Waals surface area contributed by atoms with Crippen LogP contribution in [0.2, 0.25) is 0 Å². The number of hydrogen-bond acceptors (Lipinski definition) is 4. The second kappa shape index (κ2) is 3.63. The zero-order valence-electron chi connectivity index (χ0n) is 7.95. The van der Waals surface area contributed by atoms with Crippen LogP contribution in [-0.4, -0.2) is 21.9 Å². The fourth-order valence-electron chi connectivity index (χ4n) is 1.38. The summed E-state index contributed by atoms with van der Waals surface area (Å²) in [4.78, 5) is 0. The average Bonchev–Trinajstić information content (AvgIpc) is 2.74. The van der Waals surface area contributed by atoms with Crippen molar-refractivity contribution in [3.05, 3.63) is 23.5 Å². The first-order valence-electron chi connectivity index (χ1n) is 4.47. The molecule has 0 aliphatic heterocycles. The van der Waals surface area contributed by atoms with Gasteiger partial charge in [-0.05, 0) is 25.5 Å². The van der Waals surface area contributed by atoms with Crippen molar-refractivity contribution in [3.8, 4) is 11.5 Å². The molecule has 5 heteroatoms. The Labute approximate surface area is 81.3 Å². The number of rotatable bonds is 3. The highest BCUT2D eigenvalue weighted by atomic mass is 16.5. The molecule has 0 saturated heterocycles. The molecule has 0 radical (unpaired) electrons. The van der Waals surface area contributed by atoms with E-state index in [0.29, 0.717) is 6.54 Å². The second-order valence-corrected chi connectivity index (χ2v) is 3.15. The van der Waals surface area contributed by atoms with Gasteiger partial charge in [0.2, 0.25) is 0 Å². The molecule has 0 aromatic carbocycles. The smallest absolute Gasteiger partial charge is 0.188 e. The molecule has 5 nitrogen and oxygen atoms in total. The quantitative estimate of drug-likeness (QED) is 0.756. The number of nitrogens with two attached hydrogens (primary N) is 1. The minimum absolute atomic E-state index is 0.585. The number of aryl methyl sites for hydroxylation is 1. The lowest BCUT2D eigenvalue weighted by Gasteiger charge is -1.97. The van der Waals surface area contributed by atoms with Crippen molar-refractivity contribution in [2.75, 3.05) is 6.54 Å². The summed E-state index contributed by atoms with van der Waals surface area (Å²) in [6.45, 7) is 2.55. The molecule has 2 aromatic rings. The Bertz CT molecular complexity index is 418. The fourth-order valence-corrected chi connectivity index (χ4v) is 1.38. The number of hydrogen-bond donors (Lipinski definition) is 2. The second-order valence-electron chi connectivity index (χ2n) is 3.15. The molecule has 3 N–H and O–H groups in total. The van der Waals surface area contributed by atoms with Crippen LogP contribution in [0.3, 0.4) is 0 Å². The van der Waals surface area contributed by atoms with Gasteiger partial charge in [0, 0.05) is 5.56 Å². The third-order valence-electron chi connectivity index (χ3n) is 2.11. The summed E-state index contributed by atoms with van der Waals surface area (Å²) in [5.74, 6) is 0.741. The summed E-state index contributed by atoms with van der Waals surface area (Å²) in [5, 5.41) is 10.6. The fraction of sp³-hybridized carbons (Fsp3) is 0.333. The molecular weight excluding hydrogens is 180 g/mol. The van der Waals surface area contributed by atoms with E-state index in [1.54, 1.807) is 12.4 Å². The summed E-state index contributed by atoms with van der Waals surface area (Å²) in [6, 6.07) is 0. The maximum atomic E-state index is 5.48. The summed E-state index contributed by atoms with van der Waals surface area (Å²) >= 11 is 0. The van der Waals surface area contributed by atoms with E-state index >= 15 is 0 Å². The van der Waals surface area contributed by atoms with Crippen molar-refractivity contribution < 1.29 is 4.52 Å². The van der Waals surface area contributed by atoms with Gasteiger partial charge in [-0.15, -0.1) is 0 Å². The van der Waals surface area contributed by atoms with E-state index in [9.17, 15) is 0 Å². The van der Waals surface area contributed by atoms with Gasteiger partial charge in [-0.3, -0.25) is 5.10 Å². The van der Waals surface area contributed by atoms with Gasteiger partial charge in [-0.1, -0.05) is 5.16 Å². The van der Waals surface area contributed by atoms with E-state index in [4.69, 9.17) is 10.3 Å². The van der Waals surface area contributed by atoms with E-state index in [1.165, 1.54) is 0 Å². The number of aromatic nitrogens is 3. The molecule has 0 amide bonds. The van der Waals surface area contributed by atoms with Gasteiger partial charge in [-0.2, -0.15) is 5.10 Å². The predicted molar refractivity (Wildman–Crippen MR) is 51.6 cm³/mol. The van der Waals surface area contributed by atoms with Crippen LogP contribution in [0.1, 0.15) is 11.1 Å². The van der Waals surface area contributed by atoms with Crippen molar-refractivity contribution in [3.63, 3.8) is 0 Å². The van der Waals surface area contributed by atoms with E-state index in [2.05, 4.69) is 15.4 Å². The highest BCUT2D eigenvalue weighted by molar-refractivity contribution is 5.59. The van der Waals surface area contributed by atoms with Crippen LogP contribution in [-0.2, 0) is 6.42 Å². The van der Waals surface area contributed by atoms with Crippen molar-refractivity contribution >= 4 is 0 Å². The van der Waals surface area contributed by atoms with Crippen LogP contribution in [0, 0.1) is 6.92 Å². The van der Waals surface area contributed by atoms with Crippen LogP contribution in [0.5, 0.6) is 0 Å². The Morgan fingerprint density at radius 2 is 2.36 bits per heavy atom. The topological polar surface area (TPSA) is 80.7 Å². The van der Waals surface area contributed by atoms with E-state index in [1.807, 2.05) is 6.92 Å². The van der Waals surface area contributed by atoms with E-state index in [0.717, 1.165) is 29.0 Å². The Balaban J connectivity index is 2.41. The SMILES string of the molecule is Cc1cn[nH]c1-c1oncc1CCN. The minimum Gasteiger partial charge on any atom is -0.354 e. The summed E-state index contributed by atoms with van der Waals surface area (Å²) in [6.07, 6.45) is 4.21. The van der Waals surface area contributed by atoms with Crippen LogP contribution < -0.4 is 5.73 Å². The van der Waals surface area contributed by atoms with Crippen LogP contribution in [0.15, 0.2) is 16.9 Å². The zero-order valence-corrected chi connectivity index (χ0v) is 7.95. The lowest BCUT2D eigenvalue weighted by molar-refractivity contribution is 0.430. The van der Waals surface area contributed by atoms with Crippen LogP contribution in [0.4, 0.5) is 0 Å². The third kappa shape index (κ3) is 1.42. The number of nitrogens with one attached hydrogen (secondary N) is 1. The monoisotopic (exact) mass is 192 g/mol. The molecule has 0 atom stereocenters. The summed E-state index contributed by atoms with van der Waals surface area (Å²) < 4.78 is 5.17. The van der Waals surface area contributed by atoms with E-state index in [-0.39, 0.29) is 0 Å². The molecule has 2 heterocycles. The largest absolute Gasteiger partial charge is 0.354 e. The lowest BCUT2D eigenvalue weighted by atomic mass is 10.1. The lowest BCUT2D eigenvalue weighted by Crippen LogP contribution is -2.02. The van der Waals surface area contributed by atoms with Crippen molar-refractivity contribution in [1.82, 2.24) is 15.4 Å². The van der Waals surface area contributed by atoms with Crippen LogP contribution in [0.25, 0.3) is 11.5 Å². The molecule has 2 rings (SSSR count). The van der Waals surface area contributed by atoms with Gasteiger partial charge in [0.15, 0.2) is 5.76 Å².